The number of rotatable bonds is 5. The van der Waals surface area contributed by atoms with Gasteiger partial charge in [0.25, 0.3) is 0 Å². The van der Waals surface area contributed by atoms with Gasteiger partial charge in [-0.2, -0.15) is 0 Å². The molecule has 1 N–H and O–H groups in total. The van der Waals surface area contributed by atoms with Crippen LogP contribution in [0.25, 0.3) is 0 Å². The van der Waals surface area contributed by atoms with E-state index in [9.17, 15) is 9.18 Å². The molecular weight excluding hydrogens is 285 g/mol. The Kier molecular flexibility index (Phi) is 4.99. The average Bonchev–Trinajstić information content (AvgIpc) is 2.50. The molecule has 0 bridgehead atoms. The highest BCUT2D eigenvalue weighted by Crippen LogP contribution is 2.27. The molecule has 2 aromatic carbocycles. The number of carbonyl (C=O) groups excluding carboxylic acids is 1. The molecule has 2 aromatic rings. The molecule has 5 heteroatoms. The molecule has 0 unspecified atom stereocenters. The van der Waals surface area contributed by atoms with E-state index in [1.807, 2.05) is 0 Å². The monoisotopic (exact) mass is 303 g/mol. The SMILES string of the molecule is COc1ccc(CC(=O)Nc2ccc(F)c(C)c2)cc1OC. The van der Waals surface area contributed by atoms with Gasteiger partial charge < -0.3 is 14.8 Å². The van der Waals surface area contributed by atoms with Crippen LogP contribution in [0.4, 0.5) is 10.1 Å². The van der Waals surface area contributed by atoms with Crippen molar-refractivity contribution in [2.24, 2.45) is 0 Å². The van der Waals surface area contributed by atoms with Gasteiger partial charge in [0, 0.05) is 5.69 Å². The van der Waals surface area contributed by atoms with Crippen LogP contribution in [0.5, 0.6) is 11.5 Å². The number of halogens is 1. The van der Waals surface area contributed by atoms with Crippen LogP contribution in [0, 0.1) is 12.7 Å². The van der Waals surface area contributed by atoms with Crippen LogP contribution in [-0.2, 0) is 11.2 Å². The zero-order valence-corrected chi connectivity index (χ0v) is 12.8. The molecule has 0 aliphatic rings. The number of anilines is 1. The summed E-state index contributed by atoms with van der Waals surface area (Å²) in [5, 5.41) is 2.75. The van der Waals surface area contributed by atoms with E-state index in [0.29, 0.717) is 22.7 Å². The van der Waals surface area contributed by atoms with E-state index in [4.69, 9.17) is 9.47 Å². The average molecular weight is 303 g/mol. The van der Waals surface area contributed by atoms with Gasteiger partial charge in [-0.15, -0.1) is 0 Å². The number of ether oxygens (including phenoxy) is 2. The van der Waals surface area contributed by atoms with Crippen molar-refractivity contribution in [3.8, 4) is 11.5 Å². The molecule has 0 aliphatic carbocycles. The van der Waals surface area contributed by atoms with Crippen molar-refractivity contribution in [1.82, 2.24) is 0 Å². The molecule has 4 nitrogen and oxygen atoms in total. The van der Waals surface area contributed by atoms with Crippen LogP contribution in [0.2, 0.25) is 0 Å². The number of aryl methyl sites for hydroxylation is 1. The molecule has 22 heavy (non-hydrogen) atoms. The molecule has 2 rings (SSSR count). The van der Waals surface area contributed by atoms with Gasteiger partial charge in [0.05, 0.1) is 20.6 Å². The first kappa shape index (κ1) is 15.8. The standard InChI is InChI=1S/C17H18FNO3/c1-11-8-13(5-6-14(11)18)19-17(20)10-12-4-7-15(21-2)16(9-12)22-3/h4-9H,10H2,1-3H3,(H,19,20). The fourth-order valence-electron chi connectivity index (χ4n) is 2.10. The summed E-state index contributed by atoms with van der Waals surface area (Å²) in [4.78, 5) is 12.1. The van der Waals surface area contributed by atoms with Crippen LogP contribution in [0.15, 0.2) is 36.4 Å². The van der Waals surface area contributed by atoms with Gasteiger partial charge in [0.1, 0.15) is 5.82 Å². The lowest BCUT2D eigenvalue weighted by atomic mass is 10.1. The maximum absolute atomic E-state index is 13.2. The Morgan fingerprint density at radius 3 is 2.45 bits per heavy atom. The van der Waals surface area contributed by atoms with Crippen molar-refractivity contribution in [3.63, 3.8) is 0 Å². The van der Waals surface area contributed by atoms with Crippen molar-refractivity contribution in [2.45, 2.75) is 13.3 Å². The molecule has 0 saturated carbocycles. The maximum atomic E-state index is 13.2. The minimum atomic E-state index is -0.294. The Morgan fingerprint density at radius 1 is 1.09 bits per heavy atom. The number of carbonyl (C=O) groups is 1. The first-order valence-corrected chi connectivity index (χ1v) is 6.80. The van der Waals surface area contributed by atoms with E-state index >= 15 is 0 Å². The Balaban J connectivity index is 2.07. The van der Waals surface area contributed by atoms with E-state index in [1.54, 1.807) is 45.4 Å². The first-order chi connectivity index (χ1) is 10.5. The van der Waals surface area contributed by atoms with Crippen LogP contribution < -0.4 is 14.8 Å². The summed E-state index contributed by atoms with van der Waals surface area (Å²) in [6.07, 6.45) is 0.191. The molecule has 0 spiro atoms. The van der Waals surface area contributed by atoms with Crippen molar-refractivity contribution >= 4 is 11.6 Å². The smallest absolute Gasteiger partial charge is 0.228 e. The minimum Gasteiger partial charge on any atom is -0.493 e. The fraction of sp³-hybridized carbons (Fsp3) is 0.235. The molecule has 0 radical (unpaired) electrons. The highest BCUT2D eigenvalue weighted by molar-refractivity contribution is 5.92. The molecule has 116 valence electrons. The number of hydrogen-bond acceptors (Lipinski definition) is 3. The van der Waals surface area contributed by atoms with Crippen LogP contribution >= 0.6 is 0 Å². The molecular formula is C17H18FNO3. The second-order valence-corrected chi connectivity index (χ2v) is 4.88. The van der Waals surface area contributed by atoms with Gasteiger partial charge in [-0.25, -0.2) is 4.39 Å². The molecule has 0 fully saturated rings. The molecule has 0 heterocycles. The third-order valence-electron chi connectivity index (χ3n) is 3.25. The molecule has 0 atom stereocenters. The van der Waals surface area contributed by atoms with E-state index in [1.165, 1.54) is 12.1 Å². The molecule has 0 saturated heterocycles. The summed E-state index contributed by atoms with van der Waals surface area (Å²) in [6, 6.07) is 9.78. The number of methoxy groups -OCH3 is 2. The molecule has 1 amide bonds. The second-order valence-electron chi connectivity index (χ2n) is 4.88. The lowest BCUT2D eigenvalue weighted by Crippen LogP contribution is -2.14. The number of amides is 1. The third-order valence-corrected chi connectivity index (χ3v) is 3.25. The van der Waals surface area contributed by atoms with Crippen LogP contribution in [-0.4, -0.2) is 20.1 Å². The lowest BCUT2D eigenvalue weighted by Gasteiger charge is -2.10. The van der Waals surface area contributed by atoms with Gasteiger partial charge in [0.2, 0.25) is 5.91 Å². The van der Waals surface area contributed by atoms with Gasteiger partial charge in [-0.1, -0.05) is 6.07 Å². The zero-order chi connectivity index (χ0) is 16.1. The maximum Gasteiger partial charge on any atom is 0.228 e. The van der Waals surface area contributed by atoms with Gasteiger partial charge in [-0.3, -0.25) is 4.79 Å². The number of nitrogens with one attached hydrogen (secondary N) is 1. The van der Waals surface area contributed by atoms with Crippen LogP contribution in [0.1, 0.15) is 11.1 Å². The van der Waals surface area contributed by atoms with Crippen molar-refractivity contribution < 1.29 is 18.7 Å². The summed E-state index contributed by atoms with van der Waals surface area (Å²) in [5.74, 6) is 0.711. The first-order valence-electron chi connectivity index (χ1n) is 6.80. The number of benzene rings is 2. The van der Waals surface area contributed by atoms with Crippen molar-refractivity contribution in [2.75, 3.05) is 19.5 Å². The van der Waals surface area contributed by atoms with Gasteiger partial charge >= 0.3 is 0 Å². The van der Waals surface area contributed by atoms with E-state index in [2.05, 4.69) is 5.32 Å². The third kappa shape index (κ3) is 3.75. The predicted octanol–water partition coefficient (Wildman–Crippen LogP) is 3.33. The van der Waals surface area contributed by atoms with Crippen LogP contribution in [0.3, 0.4) is 0 Å². The van der Waals surface area contributed by atoms with E-state index in [-0.39, 0.29) is 18.1 Å². The summed E-state index contributed by atoms with van der Waals surface area (Å²) in [7, 11) is 3.10. The Morgan fingerprint density at radius 2 is 1.82 bits per heavy atom. The highest BCUT2D eigenvalue weighted by Gasteiger charge is 2.09. The summed E-state index contributed by atoms with van der Waals surface area (Å²) >= 11 is 0. The van der Waals surface area contributed by atoms with E-state index in [0.717, 1.165) is 5.56 Å². The Hall–Kier alpha value is -2.56. The number of hydrogen-bond donors (Lipinski definition) is 1. The van der Waals surface area contributed by atoms with Crippen molar-refractivity contribution in [1.29, 1.82) is 0 Å². The quantitative estimate of drug-likeness (QED) is 0.921. The predicted molar refractivity (Wildman–Crippen MR) is 83.0 cm³/mol. The van der Waals surface area contributed by atoms with Gasteiger partial charge in [-0.05, 0) is 48.4 Å². The topological polar surface area (TPSA) is 47.6 Å². The second kappa shape index (κ2) is 6.93. The lowest BCUT2D eigenvalue weighted by molar-refractivity contribution is -0.115. The molecule has 0 aliphatic heterocycles. The minimum absolute atomic E-state index is 0.182. The van der Waals surface area contributed by atoms with E-state index < -0.39 is 0 Å². The Bertz CT molecular complexity index is 686. The summed E-state index contributed by atoms with van der Waals surface area (Å²) in [5.41, 5.74) is 1.86. The normalized spacial score (nSPS) is 10.2. The van der Waals surface area contributed by atoms with Gasteiger partial charge in [0.15, 0.2) is 11.5 Å². The fourth-order valence-corrected chi connectivity index (χ4v) is 2.10. The summed E-state index contributed by atoms with van der Waals surface area (Å²) < 4.78 is 23.6. The van der Waals surface area contributed by atoms with Crippen molar-refractivity contribution in [3.05, 3.63) is 53.3 Å². The highest BCUT2D eigenvalue weighted by atomic mass is 19.1. The largest absolute Gasteiger partial charge is 0.493 e. The molecule has 0 aromatic heterocycles. The Labute approximate surface area is 128 Å². The zero-order valence-electron chi connectivity index (χ0n) is 12.8. The summed E-state index contributed by atoms with van der Waals surface area (Å²) in [6.45, 7) is 1.65.